The van der Waals surface area contributed by atoms with Gasteiger partial charge in [0, 0.05) is 18.1 Å². The minimum atomic E-state index is -2.12. The lowest BCUT2D eigenvalue weighted by Crippen LogP contribution is -2.64. The number of nitrogens with zero attached hydrogens (tertiary/aromatic N) is 1. The van der Waals surface area contributed by atoms with E-state index in [9.17, 15) is 19.5 Å². The molecule has 0 spiro atoms. The molecule has 4 unspecified atom stereocenters. The Hall–Kier alpha value is -2.72. The molecular weight excluding hydrogens is 582 g/mol. The lowest BCUT2D eigenvalue weighted by Gasteiger charge is -2.45. The molecule has 1 aliphatic rings. The maximum absolute atomic E-state index is 14.1. The maximum Gasteiger partial charge on any atom is 0.307 e. The Bertz CT molecular complexity index is 1250. The molecule has 1 saturated heterocycles. The van der Waals surface area contributed by atoms with Crippen LogP contribution in [0.4, 0.5) is 0 Å². The molecule has 8 nitrogen and oxygen atoms in total. The number of amides is 2. The lowest BCUT2D eigenvalue weighted by molar-refractivity contribution is -0.151. The van der Waals surface area contributed by atoms with Crippen molar-refractivity contribution in [3.63, 3.8) is 0 Å². The van der Waals surface area contributed by atoms with E-state index in [-0.39, 0.29) is 30.0 Å². The van der Waals surface area contributed by atoms with Crippen molar-refractivity contribution in [1.29, 1.82) is 0 Å². The third-order valence-corrected chi connectivity index (χ3v) is 13.9. The van der Waals surface area contributed by atoms with Crippen molar-refractivity contribution in [3.05, 3.63) is 70.7 Å². The van der Waals surface area contributed by atoms with E-state index in [2.05, 4.69) is 39.2 Å². The number of halogens is 1. The van der Waals surface area contributed by atoms with Crippen LogP contribution in [0, 0.1) is 11.8 Å². The summed E-state index contributed by atoms with van der Waals surface area (Å²) in [6.07, 6.45) is 2.07. The second kappa shape index (κ2) is 14.4. The fourth-order valence-corrected chi connectivity index (χ4v) is 6.46. The summed E-state index contributed by atoms with van der Waals surface area (Å²) in [6.45, 7) is 13.1. The predicted molar refractivity (Wildman–Crippen MR) is 173 cm³/mol. The number of benzene rings is 2. The molecule has 236 valence electrons. The molecule has 3 rings (SSSR count). The fraction of sp³-hybridized carbons (Fsp3) is 0.545. The van der Waals surface area contributed by atoms with Gasteiger partial charge in [0.1, 0.15) is 6.04 Å². The number of likely N-dealkylation sites (tertiary alicyclic amines) is 1. The standard InChI is InChI=1S/C33H48ClN3O5Si/c1-23(31(40)41)27(19-24-11-8-7-9-12-24)30(39)37-18-10-17-33(22-37,20-25-13-15-26(34)16-14-25)36-29(38)28(35)21-42-43(5,6)32(2,3)4/h7-9,11-16,23,27-28H,10,17-22,35H2,1-6H3,(H,36,38)(H,40,41). The summed E-state index contributed by atoms with van der Waals surface area (Å²) >= 11 is 6.14. The number of nitrogens with one attached hydrogen (secondary N) is 1. The van der Waals surface area contributed by atoms with Crippen LogP contribution in [0.3, 0.4) is 0 Å². The van der Waals surface area contributed by atoms with Gasteiger partial charge in [-0.2, -0.15) is 0 Å². The Morgan fingerprint density at radius 3 is 2.30 bits per heavy atom. The Morgan fingerprint density at radius 1 is 1.09 bits per heavy atom. The van der Waals surface area contributed by atoms with Gasteiger partial charge in [-0.25, -0.2) is 0 Å². The monoisotopic (exact) mass is 629 g/mol. The highest BCUT2D eigenvalue weighted by molar-refractivity contribution is 6.74. The minimum Gasteiger partial charge on any atom is -0.481 e. The van der Waals surface area contributed by atoms with Gasteiger partial charge in [0.25, 0.3) is 0 Å². The van der Waals surface area contributed by atoms with Crippen molar-refractivity contribution < 1.29 is 23.9 Å². The number of carboxylic acids is 1. The zero-order valence-corrected chi connectivity index (χ0v) is 28.1. The molecule has 10 heteroatoms. The smallest absolute Gasteiger partial charge is 0.307 e. The van der Waals surface area contributed by atoms with E-state index in [1.54, 1.807) is 24.0 Å². The summed E-state index contributed by atoms with van der Waals surface area (Å²) in [5.74, 6) is -3.20. The molecule has 0 aromatic heterocycles. The molecule has 1 aliphatic heterocycles. The Balaban J connectivity index is 1.86. The number of rotatable bonds is 12. The van der Waals surface area contributed by atoms with Gasteiger partial charge in [-0.05, 0) is 67.1 Å². The molecule has 0 bridgehead atoms. The number of aliphatic carboxylic acids is 1. The van der Waals surface area contributed by atoms with Gasteiger partial charge in [-0.3, -0.25) is 14.4 Å². The average molecular weight is 630 g/mol. The molecule has 4 N–H and O–H groups in total. The molecule has 1 fully saturated rings. The molecule has 4 atom stereocenters. The lowest BCUT2D eigenvalue weighted by atomic mass is 9.81. The van der Waals surface area contributed by atoms with Crippen molar-refractivity contribution in [2.75, 3.05) is 19.7 Å². The van der Waals surface area contributed by atoms with Crippen LogP contribution in [0.1, 0.15) is 51.7 Å². The Labute approximate surface area is 262 Å². The number of carbonyl (C=O) groups excluding carboxylic acids is 2. The predicted octanol–water partition coefficient (Wildman–Crippen LogP) is 5.29. The van der Waals surface area contributed by atoms with Crippen molar-refractivity contribution in [2.24, 2.45) is 17.6 Å². The maximum atomic E-state index is 14.1. The number of nitrogens with two attached hydrogens (primary N) is 1. The summed E-state index contributed by atoms with van der Waals surface area (Å²) < 4.78 is 6.24. The van der Waals surface area contributed by atoms with Crippen LogP contribution in [0.25, 0.3) is 0 Å². The first-order valence-electron chi connectivity index (χ1n) is 15.1. The summed E-state index contributed by atoms with van der Waals surface area (Å²) in [5.41, 5.74) is 7.45. The van der Waals surface area contributed by atoms with Gasteiger partial charge >= 0.3 is 5.97 Å². The van der Waals surface area contributed by atoms with E-state index in [0.717, 1.165) is 11.1 Å². The van der Waals surface area contributed by atoms with Gasteiger partial charge in [-0.1, -0.05) is 81.8 Å². The first-order valence-corrected chi connectivity index (χ1v) is 18.3. The molecule has 2 amide bonds. The number of hydrogen-bond donors (Lipinski definition) is 3. The summed E-state index contributed by atoms with van der Waals surface area (Å²) in [7, 11) is -2.12. The van der Waals surface area contributed by atoms with Gasteiger partial charge in [-0.15, -0.1) is 0 Å². The molecule has 1 heterocycles. The average Bonchev–Trinajstić information content (AvgIpc) is 2.95. The number of carbonyl (C=O) groups is 3. The first-order chi connectivity index (χ1) is 20.0. The molecule has 2 aromatic carbocycles. The molecular formula is C33H48ClN3O5Si. The molecule has 0 aliphatic carbocycles. The van der Waals surface area contributed by atoms with E-state index in [1.807, 2.05) is 42.5 Å². The highest BCUT2D eigenvalue weighted by atomic mass is 35.5. The van der Waals surface area contributed by atoms with Gasteiger partial charge in [0.2, 0.25) is 11.8 Å². The summed E-state index contributed by atoms with van der Waals surface area (Å²) in [5, 5.41) is 13.7. The van der Waals surface area contributed by atoms with Gasteiger partial charge < -0.3 is 25.5 Å². The normalized spacial score (nSPS) is 19.8. The van der Waals surface area contributed by atoms with E-state index in [1.165, 1.54) is 0 Å². The van der Waals surface area contributed by atoms with E-state index >= 15 is 0 Å². The third-order valence-electron chi connectivity index (χ3n) is 9.11. The highest BCUT2D eigenvalue weighted by Gasteiger charge is 2.43. The van der Waals surface area contributed by atoms with Crippen molar-refractivity contribution >= 4 is 37.7 Å². The van der Waals surface area contributed by atoms with E-state index < -0.39 is 37.7 Å². The summed E-state index contributed by atoms with van der Waals surface area (Å²) in [4.78, 5) is 41.4. The number of hydrogen-bond acceptors (Lipinski definition) is 5. The van der Waals surface area contributed by atoms with Crippen LogP contribution >= 0.6 is 11.6 Å². The number of carboxylic acid groups (broad SMARTS) is 1. The van der Waals surface area contributed by atoms with E-state index in [4.69, 9.17) is 21.8 Å². The quantitative estimate of drug-likeness (QED) is 0.274. The van der Waals surface area contributed by atoms with Crippen LogP contribution in [0.2, 0.25) is 23.2 Å². The Kier molecular flexibility index (Phi) is 11.6. The molecule has 43 heavy (non-hydrogen) atoms. The number of piperidine rings is 1. The van der Waals surface area contributed by atoms with Crippen LogP contribution in [-0.4, -0.2) is 67.4 Å². The zero-order chi connectivity index (χ0) is 32.0. The topological polar surface area (TPSA) is 122 Å². The van der Waals surface area contributed by atoms with Crippen LogP contribution in [0.5, 0.6) is 0 Å². The van der Waals surface area contributed by atoms with Crippen LogP contribution in [0.15, 0.2) is 54.6 Å². The van der Waals surface area contributed by atoms with E-state index in [0.29, 0.717) is 37.3 Å². The summed E-state index contributed by atoms with van der Waals surface area (Å²) in [6, 6.07) is 16.0. The van der Waals surface area contributed by atoms with Crippen molar-refractivity contribution in [3.8, 4) is 0 Å². The molecule has 2 aromatic rings. The minimum absolute atomic E-state index is 0.0212. The largest absolute Gasteiger partial charge is 0.481 e. The third kappa shape index (κ3) is 9.38. The second-order valence-electron chi connectivity index (χ2n) is 13.5. The van der Waals surface area contributed by atoms with Crippen LogP contribution < -0.4 is 11.1 Å². The van der Waals surface area contributed by atoms with Gasteiger partial charge in [0.05, 0.1) is 24.0 Å². The SMILES string of the molecule is CC(C(=O)O)C(Cc1ccccc1)C(=O)N1CCCC(Cc2ccc(Cl)cc2)(NC(=O)C(N)CO[Si](C)(C)C(C)(C)C)C1. The molecule has 0 radical (unpaired) electrons. The fourth-order valence-electron chi connectivity index (χ4n) is 5.30. The molecule has 0 saturated carbocycles. The zero-order valence-electron chi connectivity index (χ0n) is 26.4. The first kappa shape index (κ1) is 34.8. The highest BCUT2D eigenvalue weighted by Crippen LogP contribution is 2.36. The second-order valence-corrected chi connectivity index (χ2v) is 18.8. The van der Waals surface area contributed by atoms with Crippen molar-refractivity contribution in [1.82, 2.24) is 10.2 Å². The van der Waals surface area contributed by atoms with Crippen molar-refractivity contribution in [2.45, 2.75) is 83.1 Å². The Morgan fingerprint density at radius 2 is 1.72 bits per heavy atom. The van der Waals surface area contributed by atoms with Gasteiger partial charge in [0.15, 0.2) is 8.32 Å². The van der Waals surface area contributed by atoms with Crippen LogP contribution in [-0.2, 0) is 31.7 Å².